The van der Waals surface area contributed by atoms with E-state index in [2.05, 4.69) is 15.5 Å². The molecular formula is C14H24N4O2. The lowest BCUT2D eigenvalue weighted by Gasteiger charge is -2.32. The summed E-state index contributed by atoms with van der Waals surface area (Å²) >= 11 is 0. The van der Waals surface area contributed by atoms with Crippen LogP contribution in [0.15, 0.2) is 12.3 Å². The summed E-state index contributed by atoms with van der Waals surface area (Å²) in [6.45, 7) is 3.71. The zero-order valence-electron chi connectivity index (χ0n) is 12.0. The number of H-pyrrole nitrogens is 1. The fourth-order valence-corrected chi connectivity index (χ4v) is 2.66. The highest BCUT2D eigenvalue weighted by molar-refractivity contribution is 5.74. The molecule has 112 valence electrons. The second kappa shape index (κ2) is 7.28. The molecule has 0 bridgehead atoms. The molecule has 0 aliphatic carbocycles. The number of hydrogen-bond donors (Lipinski definition) is 3. The molecule has 2 amide bonds. The number of urea groups is 1. The van der Waals surface area contributed by atoms with Crippen LogP contribution in [0.5, 0.6) is 0 Å². The lowest BCUT2D eigenvalue weighted by molar-refractivity contribution is 0.176. The van der Waals surface area contributed by atoms with Crippen molar-refractivity contribution in [3.05, 3.63) is 18.0 Å². The smallest absolute Gasteiger partial charge is 0.317 e. The average molecular weight is 280 g/mol. The summed E-state index contributed by atoms with van der Waals surface area (Å²) < 4.78 is 0. The zero-order chi connectivity index (χ0) is 14.4. The highest BCUT2D eigenvalue weighted by Gasteiger charge is 2.24. The summed E-state index contributed by atoms with van der Waals surface area (Å²) in [6, 6.07) is 2.13. The molecule has 1 atom stereocenters. The first kappa shape index (κ1) is 14.8. The Bertz CT molecular complexity index is 399. The van der Waals surface area contributed by atoms with Crippen LogP contribution in [0.3, 0.4) is 0 Å². The summed E-state index contributed by atoms with van der Waals surface area (Å²) in [6.07, 6.45) is 5.26. The highest BCUT2D eigenvalue weighted by Crippen LogP contribution is 2.26. The van der Waals surface area contributed by atoms with Crippen LogP contribution in [0.1, 0.15) is 44.2 Å². The van der Waals surface area contributed by atoms with Crippen molar-refractivity contribution in [2.45, 2.75) is 44.6 Å². The third-order valence-corrected chi connectivity index (χ3v) is 3.91. The van der Waals surface area contributed by atoms with Crippen molar-refractivity contribution in [1.82, 2.24) is 20.4 Å². The minimum atomic E-state index is 0.0125. The summed E-state index contributed by atoms with van der Waals surface area (Å²) in [5.41, 5.74) is 1.17. The number of hydrogen-bond acceptors (Lipinski definition) is 3. The van der Waals surface area contributed by atoms with Gasteiger partial charge in [0.25, 0.3) is 0 Å². The SMILES string of the molecule is CC(CCCO)NC(=O)N1CCC(c2ccn[nH]2)CC1. The highest BCUT2D eigenvalue weighted by atomic mass is 16.3. The third kappa shape index (κ3) is 3.96. The van der Waals surface area contributed by atoms with Gasteiger partial charge in [-0.15, -0.1) is 0 Å². The second-order valence-corrected chi connectivity index (χ2v) is 5.49. The maximum absolute atomic E-state index is 12.1. The minimum Gasteiger partial charge on any atom is -0.396 e. The van der Waals surface area contributed by atoms with Crippen LogP contribution < -0.4 is 5.32 Å². The van der Waals surface area contributed by atoms with Gasteiger partial charge in [0.05, 0.1) is 0 Å². The van der Waals surface area contributed by atoms with E-state index < -0.39 is 0 Å². The number of likely N-dealkylation sites (tertiary alicyclic amines) is 1. The summed E-state index contributed by atoms with van der Waals surface area (Å²) in [5, 5.41) is 18.8. The van der Waals surface area contributed by atoms with E-state index in [9.17, 15) is 4.79 Å². The number of aliphatic hydroxyl groups excluding tert-OH is 1. The Hall–Kier alpha value is -1.56. The number of aromatic nitrogens is 2. The van der Waals surface area contributed by atoms with E-state index in [4.69, 9.17) is 5.11 Å². The van der Waals surface area contributed by atoms with Gasteiger partial charge in [-0.3, -0.25) is 5.10 Å². The molecule has 2 rings (SSSR count). The van der Waals surface area contributed by atoms with Crippen molar-refractivity contribution >= 4 is 6.03 Å². The van der Waals surface area contributed by atoms with Gasteiger partial charge in [0.1, 0.15) is 0 Å². The Kier molecular flexibility index (Phi) is 5.40. The lowest BCUT2D eigenvalue weighted by Crippen LogP contribution is -2.47. The first-order valence-electron chi connectivity index (χ1n) is 7.36. The number of amides is 2. The molecule has 0 aromatic carbocycles. The molecule has 2 heterocycles. The average Bonchev–Trinajstić information content (AvgIpc) is 2.99. The normalized spacial score (nSPS) is 18.0. The van der Waals surface area contributed by atoms with Crippen molar-refractivity contribution < 1.29 is 9.90 Å². The summed E-state index contributed by atoms with van der Waals surface area (Å²) in [7, 11) is 0. The number of aromatic amines is 1. The molecule has 6 nitrogen and oxygen atoms in total. The van der Waals surface area contributed by atoms with Crippen LogP contribution >= 0.6 is 0 Å². The molecule has 0 radical (unpaired) electrons. The molecule has 1 aliphatic heterocycles. The van der Waals surface area contributed by atoms with Crippen LogP contribution in [-0.4, -0.2) is 52.0 Å². The maximum Gasteiger partial charge on any atom is 0.317 e. The van der Waals surface area contributed by atoms with Gasteiger partial charge in [0.2, 0.25) is 0 Å². The van der Waals surface area contributed by atoms with E-state index in [1.54, 1.807) is 6.20 Å². The van der Waals surface area contributed by atoms with Gasteiger partial charge in [-0.05, 0) is 38.7 Å². The Morgan fingerprint density at radius 2 is 2.35 bits per heavy atom. The number of rotatable bonds is 5. The monoisotopic (exact) mass is 280 g/mol. The topological polar surface area (TPSA) is 81.2 Å². The molecule has 6 heteroatoms. The lowest BCUT2D eigenvalue weighted by atomic mass is 9.94. The standard InChI is InChI=1S/C14H24N4O2/c1-11(3-2-10-19)16-14(20)18-8-5-12(6-9-18)13-4-7-15-17-13/h4,7,11-12,19H,2-3,5-6,8-10H2,1H3,(H,15,17)(H,16,20). The van der Waals surface area contributed by atoms with Crippen molar-refractivity contribution in [2.24, 2.45) is 0 Å². The Balaban J connectivity index is 1.74. The quantitative estimate of drug-likeness (QED) is 0.763. The number of carbonyl (C=O) groups is 1. The van der Waals surface area contributed by atoms with Gasteiger partial charge in [0.15, 0.2) is 0 Å². The Morgan fingerprint density at radius 3 is 2.95 bits per heavy atom. The maximum atomic E-state index is 12.1. The molecule has 0 spiro atoms. The van der Waals surface area contributed by atoms with E-state index in [0.717, 1.165) is 38.8 Å². The van der Waals surface area contributed by atoms with Crippen molar-refractivity contribution in [3.63, 3.8) is 0 Å². The third-order valence-electron chi connectivity index (χ3n) is 3.91. The van der Waals surface area contributed by atoms with Gasteiger partial charge in [-0.2, -0.15) is 5.10 Å². The van der Waals surface area contributed by atoms with E-state index in [-0.39, 0.29) is 18.7 Å². The van der Waals surface area contributed by atoms with Gasteiger partial charge in [-0.25, -0.2) is 4.79 Å². The molecule has 1 aromatic rings. The summed E-state index contributed by atoms with van der Waals surface area (Å²) in [5.74, 6) is 0.480. The Labute approximate surface area is 119 Å². The first-order valence-corrected chi connectivity index (χ1v) is 7.36. The molecule has 3 N–H and O–H groups in total. The minimum absolute atomic E-state index is 0.0125. The molecule has 1 aromatic heterocycles. The molecule has 1 unspecified atom stereocenters. The predicted molar refractivity (Wildman–Crippen MR) is 76.4 cm³/mol. The first-order chi connectivity index (χ1) is 9.70. The van der Waals surface area contributed by atoms with Crippen LogP contribution in [0.2, 0.25) is 0 Å². The van der Waals surface area contributed by atoms with Crippen molar-refractivity contribution in [3.8, 4) is 0 Å². The van der Waals surface area contributed by atoms with Gasteiger partial charge < -0.3 is 15.3 Å². The van der Waals surface area contributed by atoms with Crippen LogP contribution in [-0.2, 0) is 0 Å². The summed E-state index contributed by atoms with van der Waals surface area (Å²) in [4.78, 5) is 14.0. The largest absolute Gasteiger partial charge is 0.396 e. The number of piperidine rings is 1. The number of nitrogens with zero attached hydrogens (tertiary/aromatic N) is 2. The van der Waals surface area contributed by atoms with Gasteiger partial charge >= 0.3 is 6.03 Å². The number of nitrogens with one attached hydrogen (secondary N) is 2. The van der Waals surface area contributed by atoms with Crippen LogP contribution in [0.25, 0.3) is 0 Å². The van der Waals surface area contributed by atoms with Gasteiger partial charge in [-0.1, -0.05) is 0 Å². The Morgan fingerprint density at radius 1 is 1.60 bits per heavy atom. The number of carbonyl (C=O) groups excluding carboxylic acids is 1. The van der Waals surface area contributed by atoms with E-state index in [1.807, 2.05) is 17.9 Å². The second-order valence-electron chi connectivity index (χ2n) is 5.49. The molecule has 1 saturated heterocycles. The van der Waals surface area contributed by atoms with Crippen molar-refractivity contribution in [1.29, 1.82) is 0 Å². The number of aliphatic hydroxyl groups is 1. The molecule has 20 heavy (non-hydrogen) atoms. The van der Waals surface area contributed by atoms with E-state index in [0.29, 0.717) is 5.92 Å². The molecule has 1 fully saturated rings. The van der Waals surface area contributed by atoms with Crippen molar-refractivity contribution in [2.75, 3.05) is 19.7 Å². The zero-order valence-corrected chi connectivity index (χ0v) is 12.0. The van der Waals surface area contributed by atoms with E-state index >= 15 is 0 Å². The molecular weight excluding hydrogens is 256 g/mol. The van der Waals surface area contributed by atoms with Crippen LogP contribution in [0, 0.1) is 0 Å². The predicted octanol–water partition coefficient (Wildman–Crippen LogP) is 1.46. The fourth-order valence-electron chi connectivity index (χ4n) is 2.66. The van der Waals surface area contributed by atoms with Gasteiger partial charge in [0, 0.05) is 43.5 Å². The fraction of sp³-hybridized carbons (Fsp3) is 0.714. The van der Waals surface area contributed by atoms with E-state index in [1.165, 1.54) is 5.69 Å². The van der Waals surface area contributed by atoms with Crippen LogP contribution in [0.4, 0.5) is 4.79 Å². The molecule has 1 aliphatic rings. The molecule has 0 saturated carbocycles.